The Morgan fingerprint density at radius 2 is 1.87 bits per heavy atom. The molecule has 0 saturated carbocycles. The highest BCUT2D eigenvalue weighted by molar-refractivity contribution is 5.60. The zero-order chi connectivity index (χ0) is 16.2. The molecule has 0 aliphatic heterocycles. The first-order chi connectivity index (χ1) is 11.2. The summed E-state index contributed by atoms with van der Waals surface area (Å²) in [6.07, 6.45) is 3.43. The Balaban J connectivity index is 2.15. The lowest BCUT2D eigenvalue weighted by atomic mass is 10.1. The second-order valence-corrected chi connectivity index (χ2v) is 5.00. The summed E-state index contributed by atoms with van der Waals surface area (Å²) >= 11 is 0. The van der Waals surface area contributed by atoms with Crippen molar-refractivity contribution in [1.29, 1.82) is 0 Å². The van der Waals surface area contributed by atoms with Gasteiger partial charge in [0, 0.05) is 18.1 Å². The molecule has 7 heteroatoms. The number of para-hydroxylation sites is 1. The molecule has 3 aromatic rings. The van der Waals surface area contributed by atoms with E-state index in [0.29, 0.717) is 0 Å². The van der Waals surface area contributed by atoms with Gasteiger partial charge in [0.05, 0.1) is 6.04 Å². The molecule has 0 saturated heterocycles. The molecular formula is C16H15N5O2. The van der Waals surface area contributed by atoms with E-state index in [1.165, 1.54) is 0 Å². The summed E-state index contributed by atoms with van der Waals surface area (Å²) in [4.78, 5) is 31.5. The van der Waals surface area contributed by atoms with Gasteiger partial charge >= 0.3 is 5.69 Å². The molecule has 0 fully saturated rings. The number of hydrogen-bond acceptors (Lipinski definition) is 5. The van der Waals surface area contributed by atoms with Gasteiger partial charge in [0.15, 0.2) is 0 Å². The van der Waals surface area contributed by atoms with Crippen molar-refractivity contribution in [3.05, 3.63) is 81.3 Å². The Kier molecular flexibility index (Phi) is 4.01. The highest BCUT2D eigenvalue weighted by Gasteiger charge is 2.22. The van der Waals surface area contributed by atoms with Gasteiger partial charge in [-0.15, -0.1) is 5.10 Å². The number of H-pyrrole nitrogens is 2. The molecule has 1 unspecified atom stereocenters. The molecule has 3 rings (SSSR count). The quantitative estimate of drug-likeness (QED) is 0.765. The molecule has 7 nitrogen and oxygen atoms in total. The molecule has 2 aromatic heterocycles. The van der Waals surface area contributed by atoms with Crippen molar-refractivity contribution in [3.63, 3.8) is 0 Å². The van der Waals surface area contributed by atoms with Crippen LogP contribution in [0.1, 0.15) is 18.5 Å². The van der Waals surface area contributed by atoms with Crippen LogP contribution in [-0.4, -0.2) is 20.2 Å². The van der Waals surface area contributed by atoms with E-state index in [0.717, 1.165) is 11.3 Å². The number of pyridine rings is 1. The van der Waals surface area contributed by atoms with E-state index >= 15 is 0 Å². The first-order valence-corrected chi connectivity index (χ1v) is 7.10. The molecule has 0 aliphatic rings. The maximum atomic E-state index is 12.2. The predicted octanol–water partition coefficient (Wildman–Crippen LogP) is 1.75. The van der Waals surface area contributed by atoms with Crippen LogP contribution in [0.4, 0.5) is 11.5 Å². The summed E-state index contributed by atoms with van der Waals surface area (Å²) in [6, 6.07) is 12.9. The van der Waals surface area contributed by atoms with Crippen molar-refractivity contribution >= 4 is 11.5 Å². The van der Waals surface area contributed by atoms with E-state index in [4.69, 9.17) is 0 Å². The van der Waals surface area contributed by atoms with E-state index in [-0.39, 0.29) is 11.9 Å². The van der Waals surface area contributed by atoms with E-state index in [1.54, 1.807) is 17.3 Å². The van der Waals surface area contributed by atoms with Crippen molar-refractivity contribution in [2.75, 3.05) is 4.90 Å². The lowest BCUT2D eigenvalue weighted by Gasteiger charge is -2.29. The third-order valence-electron chi connectivity index (χ3n) is 3.51. The number of benzene rings is 1. The van der Waals surface area contributed by atoms with Crippen LogP contribution in [0.5, 0.6) is 0 Å². The normalized spacial score (nSPS) is 11.9. The van der Waals surface area contributed by atoms with Crippen molar-refractivity contribution in [3.8, 4) is 0 Å². The molecule has 0 aliphatic carbocycles. The number of aromatic nitrogens is 4. The van der Waals surface area contributed by atoms with Crippen LogP contribution in [-0.2, 0) is 0 Å². The smallest absolute Gasteiger partial charge is 0.313 e. The molecule has 0 bridgehead atoms. The van der Waals surface area contributed by atoms with Gasteiger partial charge in [0.25, 0.3) is 5.56 Å². The van der Waals surface area contributed by atoms with E-state index < -0.39 is 11.2 Å². The molecule has 0 radical (unpaired) electrons. The first kappa shape index (κ1) is 14.7. The average molecular weight is 309 g/mol. The summed E-state index contributed by atoms with van der Waals surface area (Å²) < 4.78 is 0. The van der Waals surface area contributed by atoms with Gasteiger partial charge in [0.2, 0.25) is 5.82 Å². The van der Waals surface area contributed by atoms with Gasteiger partial charge in [-0.05, 0) is 30.7 Å². The Hall–Kier alpha value is -3.22. The molecule has 0 amide bonds. The van der Waals surface area contributed by atoms with Crippen molar-refractivity contribution in [2.24, 2.45) is 0 Å². The average Bonchev–Trinajstić information content (AvgIpc) is 2.59. The second-order valence-electron chi connectivity index (χ2n) is 5.00. The minimum Gasteiger partial charge on any atom is -0.313 e. The Morgan fingerprint density at radius 1 is 1.09 bits per heavy atom. The molecular weight excluding hydrogens is 294 g/mol. The summed E-state index contributed by atoms with van der Waals surface area (Å²) in [5.41, 5.74) is 0.520. The highest BCUT2D eigenvalue weighted by atomic mass is 16.2. The molecule has 2 heterocycles. The largest absolute Gasteiger partial charge is 0.342 e. The van der Waals surface area contributed by atoms with Crippen molar-refractivity contribution < 1.29 is 0 Å². The molecule has 1 aromatic carbocycles. The highest BCUT2D eigenvalue weighted by Crippen LogP contribution is 2.30. The van der Waals surface area contributed by atoms with Crippen LogP contribution in [0, 0.1) is 0 Å². The lowest BCUT2D eigenvalue weighted by Crippen LogP contribution is -2.33. The van der Waals surface area contributed by atoms with Gasteiger partial charge in [-0.2, -0.15) is 0 Å². The van der Waals surface area contributed by atoms with Gasteiger partial charge in [0.1, 0.15) is 0 Å². The van der Waals surface area contributed by atoms with Crippen LogP contribution in [0.15, 0.2) is 64.4 Å². The number of anilines is 2. The van der Waals surface area contributed by atoms with Gasteiger partial charge in [-0.1, -0.05) is 24.3 Å². The third-order valence-corrected chi connectivity index (χ3v) is 3.51. The molecule has 116 valence electrons. The van der Waals surface area contributed by atoms with Crippen LogP contribution in [0.25, 0.3) is 0 Å². The minimum atomic E-state index is -0.638. The van der Waals surface area contributed by atoms with Crippen LogP contribution >= 0.6 is 0 Å². The maximum absolute atomic E-state index is 12.2. The van der Waals surface area contributed by atoms with E-state index in [9.17, 15) is 9.59 Å². The predicted molar refractivity (Wildman–Crippen MR) is 86.7 cm³/mol. The zero-order valence-corrected chi connectivity index (χ0v) is 12.4. The van der Waals surface area contributed by atoms with Crippen LogP contribution < -0.4 is 16.1 Å². The maximum Gasteiger partial charge on any atom is 0.342 e. The second kappa shape index (κ2) is 6.27. The van der Waals surface area contributed by atoms with Crippen LogP contribution in [0.2, 0.25) is 0 Å². The van der Waals surface area contributed by atoms with Crippen LogP contribution in [0.3, 0.4) is 0 Å². The Labute approximate surface area is 131 Å². The van der Waals surface area contributed by atoms with Gasteiger partial charge in [-0.25, -0.2) is 9.89 Å². The van der Waals surface area contributed by atoms with Gasteiger partial charge < -0.3 is 4.90 Å². The van der Waals surface area contributed by atoms with E-state index in [1.807, 2.05) is 49.4 Å². The fraction of sp³-hybridized carbons (Fsp3) is 0.125. The topological polar surface area (TPSA) is 94.7 Å². The molecule has 1 atom stereocenters. The van der Waals surface area contributed by atoms with Crippen molar-refractivity contribution in [1.82, 2.24) is 20.2 Å². The summed E-state index contributed by atoms with van der Waals surface area (Å²) in [5.74, 6) is 0.118. The monoisotopic (exact) mass is 309 g/mol. The van der Waals surface area contributed by atoms with Crippen molar-refractivity contribution in [2.45, 2.75) is 13.0 Å². The molecule has 23 heavy (non-hydrogen) atoms. The Morgan fingerprint density at radius 3 is 2.52 bits per heavy atom. The third kappa shape index (κ3) is 3.03. The first-order valence-electron chi connectivity index (χ1n) is 7.10. The summed E-state index contributed by atoms with van der Waals surface area (Å²) in [6.45, 7) is 1.94. The fourth-order valence-electron chi connectivity index (χ4n) is 2.39. The fourth-order valence-corrected chi connectivity index (χ4v) is 2.39. The number of hydrogen-bond donors (Lipinski definition) is 2. The van der Waals surface area contributed by atoms with E-state index in [2.05, 4.69) is 20.2 Å². The van der Waals surface area contributed by atoms with Gasteiger partial charge in [-0.3, -0.25) is 14.8 Å². The number of aromatic amines is 2. The lowest BCUT2D eigenvalue weighted by molar-refractivity contribution is 0.732. The minimum absolute atomic E-state index is 0.118. The standard InChI is InChI=1S/C16H15N5O2/c1-11(12-6-5-9-17-10-12)21(13-7-3-2-4-8-13)14-15(22)18-16(23)20-19-14/h2-11H,1H3,(H2,18,20,22,23). The molecule has 0 spiro atoms. The SMILES string of the molecule is CC(c1cccnc1)N(c1ccccc1)c1n[nH]c(=O)[nH]c1=O. The molecule has 2 N–H and O–H groups in total. The number of nitrogens with zero attached hydrogens (tertiary/aromatic N) is 3. The Bertz CT molecular complexity index is 889. The number of nitrogens with one attached hydrogen (secondary N) is 2. The zero-order valence-electron chi connectivity index (χ0n) is 12.4. The summed E-state index contributed by atoms with van der Waals surface area (Å²) in [7, 11) is 0. The summed E-state index contributed by atoms with van der Waals surface area (Å²) in [5, 5.41) is 6.20. The number of rotatable bonds is 4.